The van der Waals surface area contributed by atoms with E-state index in [0.29, 0.717) is 5.75 Å². The summed E-state index contributed by atoms with van der Waals surface area (Å²) < 4.78 is 5.38. The molecule has 2 aromatic carbocycles. The third-order valence-corrected chi connectivity index (χ3v) is 5.39. The molecule has 1 N–H and O–H groups in total. The van der Waals surface area contributed by atoms with Crippen molar-refractivity contribution in [2.75, 3.05) is 37.4 Å². The van der Waals surface area contributed by atoms with E-state index < -0.39 is 0 Å². The monoisotopic (exact) mass is 390 g/mol. The summed E-state index contributed by atoms with van der Waals surface area (Å²) in [4.78, 5) is 14.5. The number of nitrogens with zero attached hydrogens (tertiary/aromatic N) is 1. The molecule has 0 bridgehead atoms. The number of morpholine rings is 1. The third kappa shape index (κ3) is 6.32. The highest BCUT2D eigenvalue weighted by Crippen LogP contribution is 2.17. The van der Waals surface area contributed by atoms with Crippen LogP contribution in [0.1, 0.15) is 11.1 Å². The SMILES string of the molecule is O=C(CSCc1ccc(Cl)cc1)Nc1cccc(CN2CCOCC2)c1. The van der Waals surface area contributed by atoms with Crippen LogP contribution in [0.15, 0.2) is 48.5 Å². The van der Waals surface area contributed by atoms with Gasteiger partial charge in [-0.1, -0.05) is 35.9 Å². The third-order valence-electron chi connectivity index (χ3n) is 4.14. The van der Waals surface area contributed by atoms with E-state index in [0.717, 1.165) is 49.3 Å². The van der Waals surface area contributed by atoms with E-state index in [1.165, 1.54) is 11.1 Å². The van der Waals surface area contributed by atoms with Crippen LogP contribution in [-0.4, -0.2) is 42.9 Å². The Hall–Kier alpha value is -1.53. The number of ether oxygens (including phenoxy) is 1. The standard InChI is InChI=1S/C20H23ClN2O2S/c21-18-6-4-16(5-7-18)14-26-15-20(24)22-19-3-1-2-17(12-19)13-23-8-10-25-11-9-23/h1-7,12H,8-11,13-15H2,(H,22,24). The molecule has 0 radical (unpaired) electrons. The molecule has 3 rings (SSSR count). The molecule has 0 saturated carbocycles. The first-order chi connectivity index (χ1) is 12.7. The predicted molar refractivity (Wildman–Crippen MR) is 109 cm³/mol. The number of thioether (sulfide) groups is 1. The van der Waals surface area contributed by atoms with Crippen LogP contribution in [0, 0.1) is 0 Å². The maximum atomic E-state index is 12.2. The van der Waals surface area contributed by atoms with Gasteiger partial charge in [-0.15, -0.1) is 11.8 Å². The van der Waals surface area contributed by atoms with Crippen LogP contribution in [0.25, 0.3) is 0 Å². The molecule has 2 aromatic rings. The van der Waals surface area contributed by atoms with Crippen molar-refractivity contribution in [2.45, 2.75) is 12.3 Å². The van der Waals surface area contributed by atoms with Gasteiger partial charge in [-0.25, -0.2) is 0 Å². The Labute approximate surface area is 163 Å². The number of carbonyl (C=O) groups is 1. The smallest absolute Gasteiger partial charge is 0.234 e. The minimum Gasteiger partial charge on any atom is -0.379 e. The number of carbonyl (C=O) groups excluding carboxylic acids is 1. The minimum absolute atomic E-state index is 0.0208. The zero-order chi connectivity index (χ0) is 18.2. The Balaban J connectivity index is 1.44. The number of halogens is 1. The quantitative estimate of drug-likeness (QED) is 0.774. The van der Waals surface area contributed by atoms with E-state index in [-0.39, 0.29) is 5.91 Å². The summed E-state index contributed by atoms with van der Waals surface area (Å²) in [5.74, 6) is 1.24. The van der Waals surface area contributed by atoms with Crippen LogP contribution in [0.2, 0.25) is 5.02 Å². The fourth-order valence-corrected chi connectivity index (χ4v) is 3.72. The lowest BCUT2D eigenvalue weighted by Crippen LogP contribution is -2.35. The van der Waals surface area contributed by atoms with Crippen molar-refractivity contribution in [3.63, 3.8) is 0 Å². The lowest BCUT2D eigenvalue weighted by Gasteiger charge is -2.26. The second-order valence-electron chi connectivity index (χ2n) is 6.26. The van der Waals surface area contributed by atoms with Gasteiger partial charge in [0.2, 0.25) is 5.91 Å². The number of anilines is 1. The highest BCUT2D eigenvalue weighted by atomic mass is 35.5. The molecule has 0 aliphatic carbocycles. The molecular formula is C20H23ClN2O2S. The van der Waals surface area contributed by atoms with Crippen LogP contribution in [0.3, 0.4) is 0 Å². The largest absolute Gasteiger partial charge is 0.379 e. The maximum Gasteiger partial charge on any atom is 0.234 e. The second-order valence-corrected chi connectivity index (χ2v) is 7.68. The number of benzene rings is 2. The average molecular weight is 391 g/mol. The molecular weight excluding hydrogens is 368 g/mol. The van der Waals surface area contributed by atoms with Crippen molar-refractivity contribution in [3.8, 4) is 0 Å². The Morgan fingerprint density at radius 3 is 2.65 bits per heavy atom. The topological polar surface area (TPSA) is 41.6 Å². The van der Waals surface area contributed by atoms with Crippen molar-refractivity contribution >= 4 is 35.0 Å². The zero-order valence-corrected chi connectivity index (χ0v) is 16.2. The van der Waals surface area contributed by atoms with Gasteiger partial charge in [-0.2, -0.15) is 0 Å². The lowest BCUT2D eigenvalue weighted by atomic mass is 10.2. The van der Waals surface area contributed by atoms with Crippen LogP contribution in [0.4, 0.5) is 5.69 Å². The number of hydrogen-bond acceptors (Lipinski definition) is 4. The van der Waals surface area contributed by atoms with E-state index in [1.54, 1.807) is 11.8 Å². The molecule has 1 heterocycles. The Kier molecular flexibility index (Phi) is 7.38. The first kappa shape index (κ1) is 19.2. The number of rotatable bonds is 7. The summed E-state index contributed by atoms with van der Waals surface area (Å²) in [6.45, 7) is 4.39. The molecule has 1 fully saturated rings. The minimum atomic E-state index is 0.0208. The molecule has 0 atom stereocenters. The van der Waals surface area contributed by atoms with E-state index in [2.05, 4.69) is 22.3 Å². The van der Waals surface area contributed by atoms with Crippen molar-refractivity contribution in [1.82, 2.24) is 4.90 Å². The van der Waals surface area contributed by atoms with Crippen LogP contribution < -0.4 is 5.32 Å². The van der Waals surface area contributed by atoms with Gasteiger partial charge in [0.25, 0.3) is 0 Å². The molecule has 26 heavy (non-hydrogen) atoms. The highest BCUT2D eigenvalue weighted by Gasteiger charge is 2.11. The number of hydrogen-bond donors (Lipinski definition) is 1. The van der Waals surface area contributed by atoms with Crippen molar-refractivity contribution < 1.29 is 9.53 Å². The summed E-state index contributed by atoms with van der Waals surface area (Å²) in [6, 6.07) is 15.8. The molecule has 0 aromatic heterocycles. The first-order valence-electron chi connectivity index (χ1n) is 8.70. The summed E-state index contributed by atoms with van der Waals surface area (Å²) in [5.41, 5.74) is 3.23. The Bertz CT molecular complexity index is 718. The van der Waals surface area contributed by atoms with Gasteiger partial charge >= 0.3 is 0 Å². The molecule has 1 amide bonds. The summed E-state index contributed by atoms with van der Waals surface area (Å²) in [7, 11) is 0. The van der Waals surface area contributed by atoms with Crippen LogP contribution in [-0.2, 0) is 21.8 Å². The van der Waals surface area contributed by atoms with E-state index >= 15 is 0 Å². The van der Waals surface area contributed by atoms with Gasteiger partial charge in [0, 0.05) is 36.1 Å². The molecule has 4 nitrogen and oxygen atoms in total. The van der Waals surface area contributed by atoms with Crippen molar-refractivity contribution in [3.05, 3.63) is 64.7 Å². The predicted octanol–water partition coefficient (Wildman–Crippen LogP) is 4.04. The molecule has 6 heteroatoms. The van der Waals surface area contributed by atoms with E-state index in [1.807, 2.05) is 36.4 Å². The molecule has 1 aliphatic rings. The highest BCUT2D eigenvalue weighted by molar-refractivity contribution is 7.99. The number of nitrogens with one attached hydrogen (secondary N) is 1. The van der Waals surface area contributed by atoms with Gasteiger partial charge < -0.3 is 10.1 Å². The summed E-state index contributed by atoms with van der Waals surface area (Å²) in [5, 5.41) is 3.72. The van der Waals surface area contributed by atoms with Gasteiger partial charge in [-0.05, 0) is 35.4 Å². The fourth-order valence-electron chi connectivity index (χ4n) is 2.80. The first-order valence-corrected chi connectivity index (χ1v) is 10.2. The van der Waals surface area contributed by atoms with Gasteiger partial charge in [0.1, 0.15) is 0 Å². The normalized spacial score (nSPS) is 15.0. The van der Waals surface area contributed by atoms with Gasteiger partial charge in [-0.3, -0.25) is 9.69 Å². The van der Waals surface area contributed by atoms with E-state index in [4.69, 9.17) is 16.3 Å². The van der Waals surface area contributed by atoms with Crippen LogP contribution in [0.5, 0.6) is 0 Å². The molecule has 0 unspecified atom stereocenters. The Morgan fingerprint density at radius 2 is 1.88 bits per heavy atom. The fraction of sp³-hybridized carbons (Fsp3) is 0.350. The van der Waals surface area contributed by atoms with Gasteiger partial charge in [0.05, 0.1) is 19.0 Å². The zero-order valence-electron chi connectivity index (χ0n) is 14.6. The molecule has 0 spiro atoms. The summed E-state index contributed by atoms with van der Waals surface area (Å²) in [6.07, 6.45) is 0. The maximum absolute atomic E-state index is 12.2. The van der Waals surface area contributed by atoms with E-state index in [9.17, 15) is 4.79 Å². The van der Waals surface area contributed by atoms with Crippen molar-refractivity contribution in [1.29, 1.82) is 0 Å². The molecule has 1 saturated heterocycles. The number of amides is 1. The second kappa shape index (κ2) is 9.97. The Morgan fingerprint density at radius 1 is 1.12 bits per heavy atom. The molecule has 1 aliphatic heterocycles. The lowest BCUT2D eigenvalue weighted by molar-refractivity contribution is -0.113. The van der Waals surface area contributed by atoms with Crippen LogP contribution >= 0.6 is 23.4 Å². The summed E-state index contributed by atoms with van der Waals surface area (Å²) >= 11 is 7.48. The van der Waals surface area contributed by atoms with Gasteiger partial charge in [0.15, 0.2) is 0 Å². The van der Waals surface area contributed by atoms with Crippen molar-refractivity contribution in [2.24, 2.45) is 0 Å². The average Bonchev–Trinajstić information content (AvgIpc) is 2.64. The molecule has 138 valence electrons.